The molecule has 0 amide bonds. The van der Waals surface area contributed by atoms with Gasteiger partial charge in [-0.15, -0.1) is 0 Å². The average Bonchev–Trinajstić information content (AvgIpc) is 2.70. The first-order valence-corrected chi connectivity index (χ1v) is 9.63. The average molecular weight is 409 g/mol. The molecule has 7 heteroatoms. The highest BCUT2D eigenvalue weighted by Crippen LogP contribution is 2.37. The van der Waals surface area contributed by atoms with E-state index in [4.69, 9.17) is 21.1 Å². The number of ether oxygens (including phenoxy) is 2. The molecule has 5 atom stereocenters. The quantitative estimate of drug-likeness (QED) is 0.582. The van der Waals surface area contributed by atoms with Gasteiger partial charge in [0.05, 0.1) is 13.2 Å². The van der Waals surface area contributed by atoms with Crippen molar-refractivity contribution in [1.29, 1.82) is 0 Å². The molecule has 1 heterocycles. The minimum absolute atomic E-state index is 0.417. The Morgan fingerprint density at radius 2 is 1.71 bits per heavy atom. The van der Waals surface area contributed by atoms with Gasteiger partial charge in [0.25, 0.3) is 0 Å². The first kappa shape index (κ1) is 21.0. The Balaban J connectivity index is 1.84. The smallest absolute Gasteiger partial charge is 0.119 e. The van der Waals surface area contributed by atoms with Gasteiger partial charge in [-0.3, -0.25) is 0 Å². The van der Waals surface area contributed by atoms with Crippen LogP contribution in [0.3, 0.4) is 0 Å². The van der Waals surface area contributed by atoms with Gasteiger partial charge in [0.15, 0.2) is 0 Å². The lowest BCUT2D eigenvalue weighted by Gasteiger charge is -2.40. The highest BCUT2D eigenvalue weighted by molar-refractivity contribution is 6.32. The number of aliphatic hydroxyl groups is 4. The predicted molar refractivity (Wildman–Crippen MR) is 105 cm³/mol. The Labute approximate surface area is 168 Å². The van der Waals surface area contributed by atoms with Crippen molar-refractivity contribution in [2.75, 3.05) is 13.2 Å². The van der Waals surface area contributed by atoms with E-state index >= 15 is 0 Å². The SMILES string of the molecule is CCOc1ccc(Cc2cccc([C@@H]3OC(CO)[C@@H](O)[C@H](O)[C@H]3O)c2Cl)cc1. The third-order valence-electron chi connectivity index (χ3n) is 4.94. The molecule has 2 aromatic rings. The van der Waals surface area contributed by atoms with Crippen molar-refractivity contribution in [2.45, 2.75) is 43.9 Å². The second-order valence-corrected chi connectivity index (χ2v) is 7.20. The molecule has 4 N–H and O–H groups in total. The van der Waals surface area contributed by atoms with Crippen LogP contribution >= 0.6 is 11.6 Å². The number of hydrogen-bond acceptors (Lipinski definition) is 6. The second kappa shape index (κ2) is 9.22. The van der Waals surface area contributed by atoms with Crippen LogP contribution < -0.4 is 4.74 Å². The van der Waals surface area contributed by atoms with Crippen molar-refractivity contribution in [1.82, 2.24) is 0 Å². The van der Waals surface area contributed by atoms with Crippen LogP contribution in [0.15, 0.2) is 42.5 Å². The molecule has 6 nitrogen and oxygen atoms in total. The van der Waals surface area contributed by atoms with Crippen LogP contribution in [0.2, 0.25) is 5.02 Å². The van der Waals surface area contributed by atoms with Crippen LogP contribution in [0.25, 0.3) is 0 Å². The van der Waals surface area contributed by atoms with Crippen LogP contribution in [0, 0.1) is 0 Å². The summed E-state index contributed by atoms with van der Waals surface area (Å²) in [6.07, 6.45) is -5.58. The molecule has 0 radical (unpaired) electrons. The summed E-state index contributed by atoms with van der Waals surface area (Å²) >= 11 is 6.59. The fourth-order valence-corrected chi connectivity index (χ4v) is 3.71. The lowest BCUT2D eigenvalue weighted by molar-refractivity contribution is -0.231. The lowest BCUT2D eigenvalue weighted by Crippen LogP contribution is -2.55. The highest BCUT2D eigenvalue weighted by atomic mass is 35.5. The van der Waals surface area contributed by atoms with Crippen molar-refractivity contribution < 1.29 is 29.9 Å². The molecule has 0 bridgehead atoms. The fraction of sp³-hybridized carbons (Fsp3) is 0.429. The van der Waals surface area contributed by atoms with E-state index in [1.165, 1.54) is 0 Å². The molecular weight excluding hydrogens is 384 g/mol. The summed E-state index contributed by atoms with van der Waals surface area (Å²) in [5.41, 5.74) is 2.37. The first-order chi connectivity index (χ1) is 13.5. The Bertz CT molecular complexity index is 779. The molecule has 0 saturated carbocycles. The van der Waals surface area contributed by atoms with Crippen LogP contribution in [0.1, 0.15) is 29.7 Å². The second-order valence-electron chi connectivity index (χ2n) is 6.82. The van der Waals surface area contributed by atoms with Gasteiger partial charge >= 0.3 is 0 Å². The minimum Gasteiger partial charge on any atom is -0.494 e. The van der Waals surface area contributed by atoms with Crippen molar-refractivity contribution in [3.63, 3.8) is 0 Å². The molecule has 2 aromatic carbocycles. The fourth-order valence-electron chi connectivity index (χ4n) is 3.40. The van der Waals surface area contributed by atoms with Crippen LogP contribution in [0.5, 0.6) is 5.75 Å². The number of aliphatic hydroxyl groups excluding tert-OH is 4. The van der Waals surface area contributed by atoms with E-state index in [1.54, 1.807) is 12.1 Å². The molecule has 152 valence electrons. The van der Waals surface area contributed by atoms with Crippen LogP contribution in [-0.4, -0.2) is 58.1 Å². The summed E-state index contributed by atoms with van der Waals surface area (Å²) in [7, 11) is 0. The summed E-state index contributed by atoms with van der Waals surface area (Å²) in [6, 6.07) is 13.1. The van der Waals surface area contributed by atoms with E-state index in [1.807, 2.05) is 37.3 Å². The molecule has 0 spiro atoms. The largest absolute Gasteiger partial charge is 0.494 e. The summed E-state index contributed by atoms with van der Waals surface area (Å²) in [4.78, 5) is 0. The first-order valence-electron chi connectivity index (χ1n) is 9.25. The molecule has 0 aliphatic carbocycles. The van der Waals surface area contributed by atoms with Crippen molar-refractivity contribution in [3.8, 4) is 5.75 Å². The molecule has 1 unspecified atom stereocenters. The van der Waals surface area contributed by atoms with Gasteiger partial charge in [-0.25, -0.2) is 0 Å². The molecular formula is C21H25ClO6. The number of benzene rings is 2. The molecule has 3 rings (SSSR count). The van der Waals surface area contributed by atoms with E-state index in [-0.39, 0.29) is 0 Å². The molecule has 1 fully saturated rings. The van der Waals surface area contributed by atoms with Gasteiger partial charge in [-0.05, 0) is 36.6 Å². The van der Waals surface area contributed by atoms with Crippen LogP contribution in [-0.2, 0) is 11.2 Å². The van der Waals surface area contributed by atoms with Crippen molar-refractivity contribution in [2.24, 2.45) is 0 Å². The Hall–Kier alpha value is -1.67. The van der Waals surface area contributed by atoms with E-state index in [0.717, 1.165) is 16.9 Å². The lowest BCUT2D eigenvalue weighted by atomic mass is 9.90. The summed E-state index contributed by atoms with van der Waals surface area (Å²) in [5.74, 6) is 0.799. The molecule has 1 saturated heterocycles. The van der Waals surface area contributed by atoms with Gasteiger partial charge in [0, 0.05) is 10.6 Å². The van der Waals surface area contributed by atoms with Gasteiger partial charge in [0.1, 0.15) is 36.3 Å². The molecule has 28 heavy (non-hydrogen) atoms. The molecule has 1 aliphatic rings. The number of hydrogen-bond donors (Lipinski definition) is 4. The third kappa shape index (κ3) is 4.33. The minimum atomic E-state index is -1.44. The summed E-state index contributed by atoms with van der Waals surface area (Å²) < 4.78 is 11.1. The van der Waals surface area contributed by atoms with Gasteiger partial charge in [-0.1, -0.05) is 41.9 Å². The maximum Gasteiger partial charge on any atom is 0.119 e. The predicted octanol–water partition coefficient (Wildman–Crippen LogP) is 1.84. The van der Waals surface area contributed by atoms with Gasteiger partial charge < -0.3 is 29.9 Å². The zero-order chi connectivity index (χ0) is 20.3. The Morgan fingerprint density at radius 3 is 2.36 bits per heavy atom. The zero-order valence-electron chi connectivity index (χ0n) is 15.5. The van der Waals surface area contributed by atoms with E-state index in [9.17, 15) is 20.4 Å². The van der Waals surface area contributed by atoms with Crippen molar-refractivity contribution in [3.05, 3.63) is 64.2 Å². The Kier molecular flexibility index (Phi) is 6.93. The number of rotatable bonds is 6. The van der Waals surface area contributed by atoms with E-state index < -0.39 is 37.1 Å². The Morgan fingerprint density at radius 1 is 1.00 bits per heavy atom. The molecule has 1 aliphatic heterocycles. The molecule has 0 aromatic heterocycles. The maximum absolute atomic E-state index is 10.4. The normalized spacial score (nSPS) is 27.6. The van der Waals surface area contributed by atoms with Gasteiger partial charge in [-0.2, -0.15) is 0 Å². The standard InChI is InChI=1S/C21H25ClO6/c1-2-27-14-8-6-12(7-9-14)10-13-4-3-5-15(17(13)22)21-20(26)19(25)18(24)16(11-23)28-21/h3-9,16,18-21,23-26H,2,10-11H2,1H3/t16?,18-,19+,20-,21+/m1/s1. The number of halogens is 1. The van der Waals surface area contributed by atoms with Gasteiger partial charge in [0.2, 0.25) is 0 Å². The van der Waals surface area contributed by atoms with Crippen molar-refractivity contribution >= 4 is 11.6 Å². The summed E-state index contributed by atoms with van der Waals surface area (Å²) in [5, 5.41) is 40.2. The highest BCUT2D eigenvalue weighted by Gasteiger charge is 2.44. The van der Waals surface area contributed by atoms with Crippen LogP contribution in [0.4, 0.5) is 0 Å². The summed E-state index contributed by atoms with van der Waals surface area (Å²) in [6.45, 7) is 2.05. The monoisotopic (exact) mass is 408 g/mol. The third-order valence-corrected chi connectivity index (χ3v) is 5.40. The van der Waals surface area contributed by atoms with E-state index in [0.29, 0.717) is 23.6 Å². The van der Waals surface area contributed by atoms with E-state index in [2.05, 4.69) is 0 Å². The maximum atomic E-state index is 10.4. The zero-order valence-corrected chi connectivity index (χ0v) is 16.3. The topological polar surface area (TPSA) is 99.4 Å².